The zero-order valence-corrected chi connectivity index (χ0v) is 19.2. The number of benzene rings is 2. The molecule has 0 saturated heterocycles. The highest BCUT2D eigenvalue weighted by Gasteiger charge is 2.23. The third kappa shape index (κ3) is 5.59. The summed E-state index contributed by atoms with van der Waals surface area (Å²) < 4.78 is 5.34. The number of nitrogens with zero attached hydrogens (tertiary/aromatic N) is 1. The molecule has 1 unspecified atom stereocenters. The van der Waals surface area contributed by atoms with Crippen LogP contribution in [0.5, 0.6) is 0 Å². The molecule has 3 aromatic rings. The highest BCUT2D eigenvalue weighted by molar-refractivity contribution is 7.14. The number of nitrogens with one attached hydrogen (secondary N) is 2. The number of rotatable bonds is 7. The van der Waals surface area contributed by atoms with Crippen LogP contribution in [0.4, 0.5) is 10.8 Å². The molecule has 32 heavy (non-hydrogen) atoms. The predicted molar refractivity (Wildman–Crippen MR) is 126 cm³/mol. The van der Waals surface area contributed by atoms with Gasteiger partial charge in [-0.15, -0.1) is 11.3 Å². The molecule has 1 atom stereocenters. The Bertz CT molecular complexity index is 1140. The van der Waals surface area contributed by atoms with Crippen molar-refractivity contribution in [2.24, 2.45) is 0 Å². The van der Waals surface area contributed by atoms with Crippen LogP contribution in [0.2, 0.25) is 0 Å². The van der Waals surface area contributed by atoms with Gasteiger partial charge in [0.15, 0.2) is 11.2 Å². The quantitative estimate of drug-likeness (QED) is 0.502. The lowest BCUT2D eigenvalue weighted by Gasteiger charge is -2.15. The van der Waals surface area contributed by atoms with Gasteiger partial charge in [0.05, 0.1) is 16.9 Å². The van der Waals surface area contributed by atoms with Gasteiger partial charge in [-0.1, -0.05) is 43.3 Å². The van der Waals surface area contributed by atoms with E-state index in [1.807, 2.05) is 17.5 Å². The summed E-state index contributed by atoms with van der Waals surface area (Å²) in [6, 6.07) is 13.1. The number of para-hydroxylation sites is 1. The van der Waals surface area contributed by atoms with Gasteiger partial charge in [0.2, 0.25) is 5.91 Å². The highest BCUT2D eigenvalue weighted by atomic mass is 32.1. The molecule has 2 N–H and O–H groups in total. The molecule has 0 bridgehead atoms. The summed E-state index contributed by atoms with van der Waals surface area (Å²) in [6.07, 6.45) is -0.0891. The predicted octanol–water partition coefficient (Wildman–Crippen LogP) is 4.82. The highest BCUT2D eigenvalue weighted by Crippen LogP contribution is 2.26. The number of aryl methyl sites for hydroxylation is 2. The van der Waals surface area contributed by atoms with Crippen LogP contribution in [0.15, 0.2) is 47.8 Å². The molecule has 2 amide bonds. The third-order valence-electron chi connectivity index (χ3n) is 4.84. The molecule has 7 nitrogen and oxygen atoms in total. The van der Waals surface area contributed by atoms with Gasteiger partial charge in [0, 0.05) is 17.9 Å². The Balaban J connectivity index is 1.65. The second kappa shape index (κ2) is 10.2. The summed E-state index contributed by atoms with van der Waals surface area (Å²) in [6.45, 7) is 6.71. The van der Waals surface area contributed by atoms with Crippen molar-refractivity contribution in [3.63, 3.8) is 0 Å². The van der Waals surface area contributed by atoms with E-state index in [1.54, 1.807) is 25.1 Å². The van der Waals surface area contributed by atoms with Gasteiger partial charge in [-0.3, -0.25) is 14.9 Å². The van der Waals surface area contributed by atoms with E-state index in [0.29, 0.717) is 16.4 Å². The van der Waals surface area contributed by atoms with Crippen molar-refractivity contribution in [1.82, 2.24) is 4.98 Å². The van der Waals surface area contributed by atoms with Gasteiger partial charge in [-0.2, -0.15) is 0 Å². The van der Waals surface area contributed by atoms with Gasteiger partial charge in [0.25, 0.3) is 5.91 Å². The maximum Gasteiger partial charge on any atom is 0.341 e. The Kier molecular flexibility index (Phi) is 7.37. The standard InChI is InChI=1S/C24H25N3O4S/c1-5-17-9-11-18(12-10-17)20-13-32-24(26-20)27-22(29)15(3)31-23(30)19-8-6-7-14(2)21(19)25-16(4)28/h6-13,15H,5H2,1-4H3,(H,25,28)(H,26,27,29). The van der Waals surface area contributed by atoms with Crippen molar-refractivity contribution in [3.05, 3.63) is 64.5 Å². The molecule has 0 radical (unpaired) electrons. The number of thiazole rings is 1. The molecule has 0 fully saturated rings. The zero-order chi connectivity index (χ0) is 23.3. The van der Waals surface area contributed by atoms with Crippen LogP contribution >= 0.6 is 11.3 Å². The molecule has 2 aromatic carbocycles. The van der Waals surface area contributed by atoms with Crippen LogP contribution in [0.3, 0.4) is 0 Å². The molecule has 166 valence electrons. The Morgan fingerprint density at radius 3 is 2.47 bits per heavy atom. The smallest absolute Gasteiger partial charge is 0.341 e. The number of amides is 2. The SMILES string of the molecule is CCc1ccc(-c2csc(NC(=O)C(C)OC(=O)c3cccc(C)c3NC(C)=O)n2)cc1. The lowest BCUT2D eigenvalue weighted by atomic mass is 10.1. The maximum atomic E-state index is 12.6. The number of carbonyl (C=O) groups is 3. The summed E-state index contributed by atoms with van der Waals surface area (Å²) >= 11 is 1.30. The summed E-state index contributed by atoms with van der Waals surface area (Å²) in [5.41, 5.74) is 4.24. The molecule has 1 aromatic heterocycles. The van der Waals surface area contributed by atoms with E-state index in [1.165, 1.54) is 30.7 Å². The van der Waals surface area contributed by atoms with E-state index in [9.17, 15) is 14.4 Å². The van der Waals surface area contributed by atoms with Gasteiger partial charge < -0.3 is 10.1 Å². The zero-order valence-electron chi connectivity index (χ0n) is 18.4. The molecule has 0 aliphatic heterocycles. The van der Waals surface area contributed by atoms with Gasteiger partial charge in [-0.25, -0.2) is 9.78 Å². The van der Waals surface area contributed by atoms with E-state index in [2.05, 4.69) is 34.7 Å². The van der Waals surface area contributed by atoms with E-state index < -0.39 is 18.0 Å². The van der Waals surface area contributed by atoms with Crippen molar-refractivity contribution >= 4 is 39.9 Å². The first kappa shape index (κ1) is 23.1. The first-order chi connectivity index (χ1) is 15.3. The molecule has 3 rings (SSSR count). The second-order valence-corrected chi connectivity index (χ2v) is 8.16. The van der Waals surface area contributed by atoms with Crippen molar-refractivity contribution in [1.29, 1.82) is 0 Å². The summed E-state index contributed by atoms with van der Waals surface area (Å²) in [4.78, 5) is 41.1. The topological polar surface area (TPSA) is 97.4 Å². The molecule has 0 spiro atoms. The lowest BCUT2D eigenvalue weighted by Crippen LogP contribution is -2.30. The number of hydrogen-bond acceptors (Lipinski definition) is 6. The second-order valence-electron chi connectivity index (χ2n) is 7.30. The normalized spacial score (nSPS) is 11.5. The number of anilines is 2. The van der Waals surface area contributed by atoms with Crippen molar-refractivity contribution in [2.75, 3.05) is 10.6 Å². The number of esters is 1. The van der Waals surface area contributed by atoms with Gasteiger partial charge in [-0.05, 0) is 37.5 Å². The molecule has 0 aliphatic carbocycles. The average Bonchev–Trinajstić information content (AvgIpc) is 3.23. The van der Waals surface area contributed by atoms with Crippen LogP contribution in [0.25, 0.3) is 11.3 Å². The average molecular weight is 452 g/mol. The lowest BCUT2D eigenvalue weighted by molar-refractivity contribution is -0.123. The Morgan fingerprint density at radius 2 is 1.81 bits per heavy atom. The van der Waals surface area contributed by atoms with E-state index in [-0.39, 0.29) is 11.5 Å². The van der Waals surface area contributed by atoms with Gasteiger partial charge >= 0.3 is 5.97 Å². The van der Waals surface area contributed by atoms with Crippen LogP contribution in [-0.2, 0) is 20.7 Å². The fourth-order valence-electron chi connectivity index (χ4n) is 3.04. The molecule has 0 aliphatic rings. The maximum absolute atomic E-state index is 12.6. The molecule has 1 heterocycles. The van der Waals surface area contributed by atoms with E-state index in [4.69, 9.17) is 4.74 Å². The van der Waals surface area contributed by atoms with Crippen molar-refractivity contribution in [3.8, 4) is 11.3 Å². The van der Waals surface area contributed by atoms with Crippen LogP contribution in [0, 0.1) is 6.92 Å². The summed E-state index contributed by atoms with van der Waals surface area (Å²) in [5.74, 6) is -1.49. The van der Waals surface area contributed by atoms with Crippen LogP contribution in [0.1, 0.15) is 42.3 Å². The number of hydrogen-bond donors (Lipinski definition) is 2. The summed E-state index contributed by atoms with van der Waals surface area (Å²) in [5, 5.41) is 7.61. The minimum absolute atomic E-state index is 0.187. The van der Waals surface area contributed by atoms with Crippen molar-refractivity contribution in [2.45, 2.75) is 40.2 Å². The minimum Gasteiger partial charge on any atom is -0.449 e. The Morgan fingerprint density at radius 1 is 1.09 bits per heavy atom. The third-order valence-corrected chi connectivity index (χ3v) is 5.60. The molecule has 8 heteroatoms. The van der Waals surface area contributed by atoms with E-state index >= 15 is 0 Å². The van der Waals surface area contributed by atoms with Crippen LogP contribution in [-0.4, -0.2) is 28.9 Å². The fourth-order valence-corrected chi connectivity index (χ4v) is 3.76. The minimum atomic E-state index is -1.05. The molecule has 0 saturated carbocycles. The number of carbonyl (C=O) groups excluding carboxylic acids is 3. The molecular formula is C24H25N3O4S. The number of aromatic nitrogens is 1. The van der Waals surface area contributed by atoms with E-state index in [0.717, 1.165) is 17.7 Å². The van der Waals surface area contributed by atoms with Crippen molar-refractivity contribution < 1.29 is 19.1 Å². The summed E-state index contributed by atoms with van der Waals surface area (Å²) in [7, 11) is 0. The first-order valence-electron chi connectivity index (χ1n) is 10.2. The largest absolute Gasteiger partial charge is 0.449 e. The monoisotopic (exact) mass is 451 g/mol. The van der Waals surface area contributed by atoms with Crippen LogP contribution < -0.4 is 10.6 Å². The van der Waals surface area contributed by atoms with Gasteiger partial charge in [0.1, 0.15) is 0 Å². The Labute approximate surface area is 190 Å². The Hall–Kier alpha value is -3.52. The number of ether oxygens (including phenoxy) is 1. The fraction of sp³-hybridized carbons (Fsp3) is 0.250. The first-order valence-corrected chi connectivity index (χ1v) is 11.1. The molecular weight excluding hydrogens is 426 g/mol.